The van der Waals surface area contributed by atoms with Crippen molar-refractivity contribution in [3.63, 3.8) is 0 Å². The molecule has 16 heavy (non-hydrogen) atoms. The number of nitrogens with one attached hydrogen (secondary N) is 1. The van der Waals surface area contributed by atoms with Crippen molar-refractivity contribution in [1.29, 1.82) is 0 Å². The van der Waals surface area contributed by atoms with Crippen LogP contribution in [0.5, 0.6) is 0 Å². The van der Waals surface area contributed by atoms with Crippen molar-refractivity contribution in [2.45, 2.75) is 32.7 Å². The number of benzene rings is 1. The second kappa shape index (κ2) is 4.71. The summed E-state index contributed by atoms with van der Waals surface area (Å²) in [5.74, 6) is 1.05. The number of para-hydroxylation sites is 1. The zero-order chi connectivity index (χ0) is 11.5. The average Bonchev–Trinajstić information content (AvgIpc) is 2.71. The summed E-state index contributed by atoms with van der Waals surface area (Å²) in [6.07, 6.45) is 2.26. The van der Waals surface area contributed by atoms with Crippen molar-refractivity contribution in [2.24, 2.45) is 0 Å². The summed E-state index contributed by atoms with van der Waals surface area (Å²) in [5, 5.41) is 4.51. The van der Waals surface area contributed by atoms with E-state index in [9.17, 15) is 0 Å². The molecule has 0 aliphatic rings. The average molecular weight is 217 g/mol. The number of fused-ring (bicyclic) bond motifs is 1. The van der Waals surface area contributed by atoms with Crippen LogP contribution in [0.15, 0.2) is 28.7 Å². The van der Waals surface area contributed by atoms with E-state index in [2.05, 4.69) is 43.4 Å². The summed E-state index contributed by atoms with van der Waals surface area (Å²) in [6, 6.07) is 8.75. The lowest BCUT2D eigenvalue weighted by Gasteiger charge is -2.11. The summed E-state index contributed by atoms with van der Waals surface area (Å²) in [4.78, 5) is 0. The molecule has 0 radical (unpaired) electrons. The molecule has 0 saturated carbocycles. The molecule has 1 unspecified atom stereocenters. The lowest BCUT2D eigenvalue weighted by Crippen LogP contribution is -2.15. The highest BCUT2D eigenvalue weighted by Gasteiger charge is 2.14. The van der Waals surface area contributed by atoms with Gasteiger partial charge in [0.05, 0.1) is 6.04 Å². The first-order valence-corrected chi connectivity index (χ1v) is 5.92. The van der Waals surface area contributed by atoms with Crippen LogP contribution >= 0.6 is 0 Å². The predicted molar refractivity (Wildman–Crippen MR) is 67.7 cm³/mol. The van der Waals surface area contributed by atoms with Crippen LogP contribution in [-0.2, 0) is 0 Å². The van der Waals surface area contributed by atoms with Crippen LogP contribution in [0.1, 0.15) is 37.1 Å². The fourth-order valence-electron chi connectivity index (χ4n) is 2.12. The van der Waals surface area contributed by atoms with Gasteiger partial charge in [-0.05, 0) is 32.0 Å². The van der Waals surface area contributed by atoms with E-state index in [1.807, 2.05) is 7.05 Å². The van der Waals surface area contributed by atoms with Crippen LogP contribution in [0, 0.1) is 6.92 Å². The van der Waals surface area contributed by atoms with Gasteiger partial charge in [0.15, 0.2) is 0 Å². The third-order valence-corrected chi connectivity index (χ3v) is 3.03. The third-order valence-electron chi connectivity index (χ3n) is 3.03. The lowest BCUT2D eigenvalue weighted by molar-refractivity contribution is 0.429. The van der Waals surface area contributed by atoms with E-state index >= 15 is 0 Å². The van der Waals surface area contributed by atoms with Gasteiger partial charge >= 0.3 is 0 Å². The van der Waals surface area contributed by atoms with Gasteiger partial charge in [-0.15, -0.1) is 0 Å². The van der Waals surface area contributed by atoms with E-state index in [4.69, 9.17) is 4.42 Å². The minimum atomic E-state index is 0.330. The van der Waals surface area contributed by atoms with Crippen LogP contribution in [0.4, 0.5) is 0 Å². The maximum Gasteiger partial charge on any atom is 0.137 e. The first-order chi connectivity index (χ1) is 7.76. The monoisotopic (exact) mass is 217 g/mol. The van der Waals surface area contributed by atoms with Gasteiger partial charge in [0, 0.05) is 5.39 Å². The molecule has 1 aromatic carbocycles. The first-order valence-electron chi connectivity index (χ1n) is 5.92. The molecule has 0 fully saturated rings. The number of hydrogen-bond donors (Lipinski definition) is 1. The molecule has 2 rings (SSSR count). The SMILES string of the molecule is CCCC(NC)c1cc2cccc(C)c2o1. The van der Waals surface area contributed by atoms with Crippen LogP contribution < -0.4 is 5.32 Å². The van der Waals surface area contributed by atoms with E-state index in [1.165, 1.54) is 10.9 Å². The van der Waals surface area contributed by atoms with E-state index < -0.39 is 0 Å². The Balaban J connectivity index is 2.42. The smallest absolute Gasteiger partial charge is 0.137 e. The standard InChI is InChI=1S/C14H19NO/c1-4-6-12(15-3)13-9-11-8-5-7-10(2)14(11)16-13/h5,7-9,12,15H,4,6H2,1-3H3. The predicted octanol–water partition coefficient (Wildman–Crippen LogP) is 3.80. The van der Waals surface area contributed by atoms with Crippen LogP contribution in [0.3, 0.4) is 0 Å². The normalized spacial score (nSPS) is 13.2. The molecule has 0 spiro atoms. The van der Waals surface area contributed by atoms with Crippen molar-refractivity contribution in [3.05, 3.63) is 35.6 Å². The van der Waals surface area contributed by atoms with Crippen molar-refractivity contribution in [2.75, 3.05) is 7.05 Å². The Hall–Kier alpha value is -1.28. The molecule has 0 aliphatic carbocycles. The van der Waals surface area contributed by atoms with Crippen LogP contribution in [0.25, 0.3) is 11.0 Å². The van der Waals surface area contributed by atoms with Crippen molar-refractivity contribution in [3.8, 4) is 0 Å². The Kier molecular flexibility index (Phi) is 3.30. The summed E-state index contributed by atoms with van der Waals surface area (Å²) in [7, 11) is 1.99. The van der Waals surface area contributed by atoms with Crippen LogP contribution in [0.2, 0.25) is 0 Å². The molecule has 0 bridgehead atoms. The molecule has 1 aromatic heterocycles. The number of aryl methyl sites for hydroxylation is 1. The second-order valence-electron chi connectivity index (χ2n) is 4.27. The maximum absolute atomic E-state index is 5.94. The molecule has 0 amide bonds. The van der Waals surface area contributed by atoms with E-state index in [-0.39, 0.29) is 0 Å². The number of furan rings is 1. The fraction of sp³-hybridized carbons (Fsp3) is 0.429. The van der Waals surface area contributed by atoms with Gasteiger partial charge in [0.2, 0.25) is 0 Å². The van der Waals surface area contributed by atoms with Crippen LogP contribution in [-0.4, -0.2) is 7.05 Å². The number of rotatable bonds is 4. The summed E-state index contributed by atoms with van der Waals surface area (Å²) in [5.41, 5.74) is 2.23. The molecule has 86 valence electrons. The molecule has 1 heterocycles. The highest BCUT2D eigenvalue weighted by atomic mass is 16.3. The van der Waals surface area contributed by atoms with E-state index in [0.29, 0.717) is 6.04 Å². The molecular weight excluding hydrogens is 198 g/mol. The first kappa shape index (κ1) is 11.2. The largest absolute Gasteiger partial charge is 0.459 e. The summed E-state index contributed by atoms with van der Waals surface area (Å²) in [6.45, 7) is 4.28. The fourth-order valence-corrected chi connectivity index (χ4v) is 2.12. The lowest BCUT2D eigenvalue weighted by atomic mass is 10.1. The zero-order valence-electron chi connectivity index (χ0n) is 10.2. The quantitative estimate of drug-likeness (QED) is 0.842. The molecule has 0 saturated heterocycles. The Morgan fingerprint density at radius 2 is 2.19 bits per heavy atom. The Bertz CT molecular complexity index is 473. The zero-order valence-corrected chi connectivity index (χ0v) is 10.2. The van der Waals surface area contributed by atoms with Gasteiger partial charge in [-0.2, -0.15) is 0 Å². The topological polar surface area (TPSA) is 25.2 Å². The van der Waals surface area contributed by atoms with Crippen molar-refractivity contribution < 1.29 is 4.42 Å². The highest BCUT2D eigenvalue weighted by Crippen LogP contribution is 2.28. The van der Waals surface area contributed by atoms with Gasteiger partial charge in [0.1, 0.15) is 11.3 Å². The Morgan fingerprint density at radius 3 is 2.81 bits per heavy atom. The molecule has 2 nitrogen and oxygen atoms in total. The van der Waals surface area contributed by atoms with Gasteiger partial charge < -0.3 is 9.73 Å². The molecule has 1 N–H and O–H groups in total. The molecule has 2 heteroatoms. The van der Waals surface area contributed by atoms with Crippen molar-refractivity contribution in [1.82, 2.24) is 5.32 Å². The van der Waals surface area contributed by atoms with Gasteiger partial charge in [-0.25, -0.2) is 0 Å². The van der Waals surface area contributed by atoms with Gasteiger partial charge in [-0.3, -0.25) is 0 Å². The highest BCUT2D eigenvalue weighted by molar-refractivity contribution is 5.80. The Labute approximate surface area is 96.6 Å². The maximum atomic E-state index is 5.94. The minimum absolute atomic E-state index is 0.330. The third kappa shape index (κ3) is 1.98. The van der Waals surface area contributed by atoms with E-state index in [0.717, 1.165) is 24.2 Å². The second-order valence-corrected chi connectivity index (χ2v) is 4.27. The molecule has 0 aliphatic heterocycles. The molecule has 2 aromatic rings. The molecular formula is C14H19NO. The Morgan fingerprint density at radius 1 is 1.38 bits per heavy atom. The molecule has 1 atom stereocenters. The minimum Gasteiger partial charge on any atom is -0.459 e. The van der Waals surface area contributed by atoms with E-state index in [1.54, 1.807) is 0 Å². The summed E-state index contributed by atoms with van der Waals surface area (Å²) >= 11 is 0. The van der Waals surface area contributed by atoms with Gasteiger partial charge in [-0.1, -0.05) is 31.5 Å². The van der Waals surface area contributed by atoms with Crippen molar-refractivity contribution >= 4 is 11.0 Å². The summed E-state index contributed by atoms with van der Waals surface area (Å²) < 4.78 is 5.94. The van der Waals surface area contributed by atoms with Gasteiger partial charge in [0.25, 0.3) is 0 Å². The number of hydrogen-bond acceptors (Lipinski definition) is 2.